The minimum atomic E-state index is -0.487. The number of nitrogens with one attached hydrogen (secondary N) is 1. The third-order valence-electron chi connectivity index (χ3n) is 2.33. The fourth-order valence-corrected chi connectivity index (χ4v) is 2.75. The summed E-state index contributed by atoms with van der Waals surface area (Å²) in [4.78, 5) is 27.6. The van der Waals surface area contributed by atoms with Crippen LogP contribution in [-0.2, 0) is 4.74 Å². The van der Waals surface area contributed by atoms with Crippen LogP contribution in [0, 0.1) is 3.57 Å². The van der Waals surface area contributed by atoms with Crippen molar-refractivity contribution in [2.75, 3.05) is 11.9 Å². The Labute approximate surface area is 133 Å². The molecule has 0 saturated carbocycles. The molecule has 7 heteroatoms. The van der Waals surface area contributed by atoms with Crippen molar-refractivity contribution in [1.82, 2.24) is 4.98 Å². The van der Waals surface area contributed by atoms with Crippen LogP contribution in [0.15, 0.2) is 29.6 Å². The molecule has 1 aromatic carbocycles. The molecule has 0 unspecified atom stereocenters. The summed E-state index contributed by atoms with van der Waals surface area (Å²) in [5.74, 6) is -0.738. The normalized spacial score (nSPS) is 10.1. The second-order valence-corrected chi connectivity index (χ2v) is 5.71. The van der Waals surface area contributed by atoms with E-state index in [1.54, 1.807) is 24.4 Å². The zero-order valence-corrected chi connectivity index (χ0v) is 13.5. The van der Waals surface area contributed by atoms with Gasteiger partial charge in [0.15, 0.2) is 10.8 Å². The summed E-state index contributed by atoms with van der Waals surface area (Å²) in [6.45, 7) is 2.02. The Kier molecular flexibility index (Phi) is 5.07. The first-order valence-electron chi connectivity index (χ1n) is 5.80. The van der Waals surface area contributed by atoms with Crippen LogP contribution in [0.1, 0.15) is 27.8 Å². The highest BCUT2D eigenvalue weighted by Gasteiger charge is 2.15. The minimum absolute atomic E-state index is 0.204. The molecule has 1 aromatic heterocycles. The van der Waals surface area contributed by atoms with Crippen molar-refractivity contribution in [2.45, 2.75) is 6.92 Å². The van der Waals surface area contributed by atoms with Crippen LogP contribution in [0.25, 0.3) is 0 Å². The van der Waals surface area contributed by atoms with Crippen LogP contribution in [-0.4, -0.2) is 23.5 Å². The van der Waals surface area contributed by atoms with Gasteiger partial charge in [0.25, 0.3) is 5.91 Å². The number of aromatic nitrogens is 1. The third kappa shape index (κ3) is 3.54. The lowest BCUT2D eigenvalue weighted by Crippen LogP contribution is -2.13. The van der Waals surface area contributed by atoms with E-state index >= 15 is 0 Å². The highest BCUT2D eigenvalue weighted by molar-refractivity contribution is 14.1. The minimum Gasteiger partial charge on any atom is -0.461 e. The molecule has 0 aliphatic heterocycles. The summed E-state index contributed by atoms with van der Waals surface area (Å²) in [6.07, 6.45) is 0. The Morgan fingerprint density at radius 3 is 2.85 bits per heavy atom. The maximum Gasteiger partial charge on any atom is 0.357 e. The molecular weight excluding hydrogens is 391 g/mol. The van der Waals surface area contributed by atoms with Crippen LogP contribution in [0.5, 0.6) is 0 Å². The van der Waals surface area contributed by atoms with Gasteiger partial charge in [-0.05, 0) is 41.6 Å². The van der Waals surface area contributed by atoms with Crippen LogP contribution in [0.2, 0.25) is 0 Å². The molecule has 20 heavy (non-hydrogen) atoms. The summed E-state index contributed by atoms with van der Waals surface area (Å²) in [5, 5.41) is 4.60. The van der Waals surface area contributed by atoms with Crippen LogP contribution in [0.3, 0.4) is 0 Å². The first kappa shape index (κ1) is 14.9. The van der Waals surface area contributed by atoms with Crippen molar-refractivity contribution < 1.29 is 14.3 Å². The molecule has 0 fully saturated rings. The molecule has 0 aliphatic rings. The third-order valence-corrected chi connectivity index (χ3v) is 4.03. The van der Waals surface area contributed by atoms with Crippen molar-refractivity contribution in [2.24, 2.45) is 0 Å². The Morgan fingerprint density at radius 2 is 2.15 bits per heavy atom. The monoisotopic (exact) mass is 402 g/mol. The number of anilines is 1. The maximum absolute atomic E-state index is 12.1. The summed E-state index contributed by atoms with van der Waals surface area (Å²) in [7, 11) is 0. The van der Waals surface area contributed by atoms with Crippen LogP contribution >= 0.6 is 33.9 Å². The number of thiazole rings is 1. The summed E-state index contributed by atoms with van der Waals surface area (Å²) in [6, 6.07) is 7.24. The molecule has 0 aliphatic carbocycles. The topological polar surface area (TPSA) is 68.3 Å². The van der Waals surface area contributed by atoms with Crippen molar-refractivity contribution in [1.29, 1.82) is 0 Å². The average molecular weight is 402 g/mol. The van der Waals surface area contributed by atoms with E-state index in [1.165, 1.54) is 11.3 Å². The number of ether oxygens (including phenoxy) is 1. The molecule has 0 atom stereocenters. The summed E-state index contributed by atoms with van der Waals surface area (Å²) in [5.41, 5.74) is 0.774. The number of amides is 1. The van der Waals surface area contributed by atoms with Gasteiger partial charge in [0.05, 0.1) is 12.2 Å². The van der Waals surface area contributed by atoms with Crippen molar-refractivity contribution in [3.05, 3.63) is 44.5 Å². The summed E-state index contributed by atoms with van der Waals surface area (Å²) < 4.78 is 5.69. The van der Waals surface area contributed by atoms with Crippen molar-refractivity contribution >= 4 is 50.9 Å². The molecule has 0 radical (unpaired) electrons. The fourth-order valence-electron chi connectivity index (χ4n) is 1.44. The largest absolute Gasteiger partial charge is 0.461 e. The van der Waals surface area contributed by atoms with Gasteiger partial charge in [-0.1, -0.05) is 12.1 Å². The molecule has 1 N–H and O–H groups in total. The molecule has 5 nitrogen and oxygen atoms in total. The van der Waals surface area contributed by atoms with Gasteiger partial charge in [-0.3, -0.25) is 10.1 Å². The Balaban J connectivity index is 2.09. The number of hydrogen-bond donors (Lipinski definition) is 1. The number of hydrogen-bond acceptors (Lipinski definition) is 5. The molecule has 104 valence electrons. The van der Waals surface area contributed by atoms with Gasteiger partial charge < -0.3 is 4.74 Å². The smallest absolute Gasteiger partial charge is 0.357 e. The highest BCUT2D eigenvalue weighted by Crippen LogP contribution is 2.19. The average Bonchev–Trinajstić information content (AvgIpc) is 2.88. The number of halogens is 1. The Bertz CT molecular complexity index is 642. The van der Waals surface area contributed by atoms with Crippen LogP contribution < -0.4 is 5.32 Å². The van der Waals surface area contributed by atoms with E-state index in [2.05, 4.69) is 32.9 Å². The number of esters is 1. The Hall–Kier alpha value is -1.48. The number of carbonyl (C=O) groups is 2. The molecule has 2 aromatic rings. The zero-order chi connectivity index (χ0) is 14.5. The van der Waals surface area contributed by atoms with Gasteiger partial charge in [-0.25, -0.2) is 9.78 Å². The molecule has 0 bridgehead atoms. The lowest BCUT2D eigenvalue weighted by atomic mass is 10.2. The van der Waals surface area contributed by atoms with Gasteiger partial charge in [0.1, 0.15) is 0 Å². The lowest BCUT2D eigenvalue weighted by Gasteiger charge is -2.03. The highest BCUT2D eigenvalue weighted by atomic mass is 127. The predicted molar refractivity (Wildman–Crippen MR) is 85.2 cm³/mol. The van der Waals surface area contributed by atoms with E-state index in [0.29, 0.717) is 17.3 Å². The SMILES string of the molecule is CCOC(=O)c1csc(NC(=O)c2ccccc2I)n1. The van der Waals surface area contributed by atoms with Gasteiger partial charge in [-0.15, -0.1) is 11.3 Å². The van der Waals surface area contributed by atoms with E-state index in [0.717, 1.165) is 3.57 Å². The zero-order valence-electron chi connectivity index (χ0n) is 10.6. The van der Waals surface area contributed by atoms with E-state index in [1.807, 2.05) is 12.1 Å². The van der Waals surface area contributed by atoms with Crippen LogP contribution in [0.4, 0.5) is 5.13 Å². The standard InChI is InChI=1S/C13H11IN2O3S/c1-2-19-12(18)10-7-20-13(15-10)16-11(17)8-5-3-4-6-9(8)14/h3-7H,2H2,1H3,(H,15,16,17). The number of rotatable bonds is 4. The predicted octanol–water partition coefficient (Wildman–Crippen LogP) is 3.18. The van der Waals surface area contributed by atoms with E-state index in [9.17, 15) is 9.59 Å². The number of nitrogens with zero attached hydrogens (tertiary/aromatic N) is 1. The second-order valence-electron chi connectivity index (χ2n) is 3.69. The molecule has 2 rings (SSSR count). The number of benzene rings is 1. The van der Waals surface area contributed by atoms with Gasteiger partial charge >= 0.3 is 5.97 Å². The Morgan fingerprint density at radius 1 is 1.40 bits per heavy atom. The molecular formula is C13H11IN2O3S. The number of carbonyl (C=O) groups excluding carboxylic acids is 2. The molecule has 0 saturated heterocycles. The van der Waals surface area contributed by atoms with Gasteiger partial charge in [0.2, 0.25) is 0 Å². The molecule has 0 spiro atoms. The lowest BCUT2D eigenvalue weighted by molar-refractivity contribution is 0.0520. The van der Waals surface area contributed by atoms with E-state index in [4.69, 9.17) is 4.74 Å². The van der Waals surface area contributed by atoms with E-state index < -0.39 is 5.97 Å². The van der Waals surface area contributed by atoms with Gasteiger partial charge in [0, 0.05) is 8.95 Å². The van der Waals surface area contributed by atoms with Gasteiger partial charge in [-0.2, -0.15) is 0 Å². The maximum atomic E-state index is 12.1. The second kappa shape index (κ2) is 6.80. The molecule has 1 heterocycles. The van der Waals surface area contributed by atoms with Crippen molar-refractivity contribution in [3.8, 4) is 0 Å². The summed E-state index contributed by atoms with van der Waals surface area (Å²) >= 11 is 3.28. The van der Waals surface area contributed by atoms with E-state index in [-0.39, 0.29) is 11.6 Å². The quantitative estimate of drug-likeness (QED) is 0.630. The molecule has 1 amide bonds. The first-order chi connectivity index (χ1) is 9.61. The van der Waals surface area contributed by atoms with Crippen molar-refractivity contribution in [3.63, 3.8) is 0 Å². The first-order valence-corrected chi connectivity index (χ1v) is 7.76. The fraction of sp³-hybridized carbons (Fsp3) is 0.154.